The van der Waals surface area contributed by atoms with Gasteiger partial charge in [-0.05, 0) is 44.2 Å². The Morgan fingerprint density at radius 1 is 1.35 bits per heavy atom. The Kier molecular flexibility index (Phi) is 5.26. The summed E-state index contributed by atoms with van der Waals surface area (Å²) in [5, 5.41) is 3.68. The molecule has 2 fully saturated rings. The Bertz CT molecular complexity index is 216. The van der Waals surface area contributed by atoms with Crippen molar-refractivity contribution in [2.75, 3.05) is 39.4 Å². The molecule has 2 aliphatic heterocycles. The summed E-state index contributed by atoms with van der Waals surface area (Å²) in [6, 6.07) is 0.722. The molecular formula is C14H28N2O. The average Bonchev–Trinajstić information content (AvgIpc) is 2.79. The highest BCUT2D eigenvalue weighted by molar-refractivity contribution is 4.78. The third-order valence-corrected chi connectivity index (χ3v) is 4.15. The van der Waals surface area contributed by atoms with E-state index in [1.807, 2.05) is 0 Å². The minimum absolute atomic E-state index is 0.722. The molecule has 3 nitrogen and oxygen atoms in total. The minimum atomic E-state index is 0.722. The molecule has 0 radical (unpaired) electrons. The Labute approximate surface area is 106 Å². The van der Waals surface area contributed by atoms with Gasteiger partial charge in [0.2, 0.25) is 0 Å². The van der Waals surface area contributed by atoms with E-state index in [1.54, 1.807) is 0 Å². The van der Waals surface area contributed by atoms with Crippen LogP contribution in [0, 0.1) is 11.8 Å². The lowest BCUT2D eigenvalue weighted by atomic mass is 10.0. The maximum atomic E-state index is 5.48. The summed E-state index contributed by atoms with van der Waals surface area (Å²) < 4.78 is 5.48. The predicted molar refractivity (Wildman–Crippen MR) is 71.2 cm³/mol. The maximum absolute atomic E-state index is 5.48. The number of ether oxygens (including phenoxy) is 1. The zero-order chi connectivity index (χ0) is 12.1. The molecule has 3 heteroatoms. The third-order valence-electron chi connectivity index (χ3n) is 4.15. The van der Waals surface area contributed by atoms with Crippen LogP contribution in [0.3, 0.4) is 0 Å². The molecule has 0 aromatic heterocycles. The van der Waals surface area contributed by atoms with Gasteiger partial charge in [0.05, 0.1) is 6.61 Å². The van der Waals surface area contributed by atoms with Crippen LogP contribution >= 0.6 is 0 Å². The van der Waals surface area contributed by atoms with E-state index in [4.69, 9.17) is 4.74 Å². The van der Waals surface area contributed by atoms with Crippen LogP contribution in [0.15, 0.2) is 0 Å². The van der Waals surface area contributed by atoms with Crippen molar-refractivity contribution < 1.29 is 4.74 Å². The second-order valence-electron chi connectivity index (χ2n) is 5.90. The molecule has 3 atom stereocenters. The molecule has 0 aromatic carbocycles. The summed E-state index contributed by atoms with van der Waals surface area (Å²) in [5.41, 5.74) is 0. The van der Waals surface area contributed by atoms with Crippen LogP contribution in [0.4, 0.5) is 0 Å². The Morgan fingerprint density at radius 2 is 2.24 bits per heavy atom. The van der Waals surface area contributed by atoms with E-state index < -0.39 is 0 Å². The fourth-order valence-corrected chi connectivity index (χ4v) is 3.01. The average molecular weight is 240 g/mol. The highest BCUT2D eigenvalue weighted by atomic mass is 16.5. The molecule has 2 aliphatic rings. The van der Waals surface area contributed by atoms with E-state index >= 15 is 0 Å². The molecule has 2 heterocycles. The monoisotopic (exact) mass is 240 g/mol. The lowest BCUT2D eigenvalue weighted by Gasteiger charge is -2.33. The molecule has 1 N–H and O–H groups in total. The van der Waals surface area contributed by atoms with Gasteiger partial charge in [-0.2, -0.15) is 0 Å². The molecule has 0 bridgehead atoms. The van der Waals surface area contributed by atoms with Gasteiger partial charge in [-0.1, -0.05) is 13.8 Å². The summed E-state index contributed by atoms with van der Waals surface area (Å²) >= 11 is 0. The standard InChI is InChI=1S/C14H28N2O/c1-3-14-4-6-16(9-12(2)8-15-14)10-13-5-7-17-11-13/h12-15H,3-11H2,1-2H3. The van der Waals surface area contributed by atoms with E-state index in [1.165, 1.54) is 45.4 Å². The fourth-order valence-electron chi connectivity index (χ4n) is 3.01. The van der Waals surface area contributed by atoms with Gasteiger partial charge >= 0.3 is 0 Å². The lowest BCUT2D eigenvalue weighted by Crippen LogP contribution is -2.44. The van der Waals surface area contributed by atoms with E-state index in [9.17, 15) is 0 Å². The normalized spacial score (nSPS) is 36.7. The lowest BCUT2D eigenvalue weighted by molar-refractivity contribution is 0.148. The first kappa shape index (κ1) is 13.3. The van der Waals surface area contributed by atoms with E-state index in [0.29, 0.717) is 0 Å². The van der Waals surface area contributed by atoms with Gasteiger partial charge in [0.25, 0.3) is 0 Å². The molecule has 0 aromatic rings. The number of hydrogen-bond donors (Lipinski definition) is 1. The zero-order valence-corrected chi connectivity index (χ0v) is 11.5. The van der Waals surface area contributed by atoms with Gasteiger partial charge in [0, 0.05) is 25.7 Å². The van der Waals surface area contributed by atoms with Gasteiger partial charge in [0.15, 0.2) is 0 Å². The Hall–Kier alpha value is -0.120. The number of nitrogens with one attached hydrogen (secondary N) is 1. The van der Waals surface area contributed by atoms with E-state index in [0.717, 1.165) is 31.1 Å². The molecule has 0 spiro atoms. The molecule has 0 saturated carbocycles. The van der Waals surface area contributed by atoms with Crippen molar-refractivity contribution in [2.45, 2.75) is 39.2 Å². The van der Waals surface area contributed by atoms with Crippen LogP contribution in [-0.4, -0.2) is 50.3 Å². The largest absolute Gasteiger partial charge is 0.381 e. The molecular weight excluding hydrogens is 212 g/mol. The van der Waals surface area contributed by atoms with E-state index in [-0.39, 0.29) is 0 Å². The van der Waals surface area contributed by atoms with Crippen LogP contribution in [0.25, 0.3) is 0 Å². The minimum Gasteiger partial charge on any atom is -0.381 e. The van der Waals surface area contributed by atoms with Crippen molar-refractivity contribution in [1.29, 1.82) is 0 Å². The van der Waals surface area contributed by atoms with Crippen LogP contribution in [0.5, 0.6) is 0 Å². The maximum Gasteiger partial charge on any atom is 0.0507 e. The smallest absolute Gasteiger partial charge is 0.0507 e. The summed E-state index contributed by atoms with van der Waals surface area (Å²) in [5.74, 6) is 1.56. The van der Waals surface area contributed by atoms with Gasteiger partial charge in [-0.25, -0.2) is 0 Å². The van der Waals surface area contributed by atoms with Crippen LogP contribution in [0.1, 0.15) is 33.1 Å². The molecule has 2 rings (SSSR count). The second-order valence-corrected chi connectivity index (χ2v) is 5.90. The first-order chi connectivity index (χ1) is 8.28. The van der Waals surface area contributed by atoms with Gasteiger partial charge in [0.1, 0.15) is 0 Å². The Morgan fingerprint density at radius 3 is 2.94 bits per heavy atom. The van der Waals surface area contributed by atoms with Crippen molar-refractivity contribution in [3.63, 3.8) is 0 Å². The second kappa shape index (κ2) is 6.72. The highest BCUT2D eigenvalue weighted by Crippen LogP contribution is 2.16. The molecule has 100 valence electrons. The number of hydrogen-bond acceptors (Lipinski definition) is 3. The van der Waals surface area contributed by atoms with Crippen molar-refractivity contribution >= 4 is 0 Å². The van der Waals surface area contributed by atoms with Crippen molar-refractivity contribution in [1.82, 2.24) is 10.2 Å². The van der Waals surface area contributed by atoms with Crippen molar-refractivity contribution in [2.24, 2.45) is 11.8 Å². The van der Waals surface area contributed by atoms with Gasteiger partial charge < -0.3 is 15.0 Å². The summed E-state index contributed by atoms with van der Waals surface area (Å²) in [7, 11) is 0. The Balaban J connectivity index is 1.81. The van der Waals surface area contributed by atoms with Gasteiger partial charge in [-0.3, -0.25) is 0 Å². The quantitative estimate of drug-likeness (QED) is 0.813. The molecule has 0 aliphatic carbocycles. The third kappa shape index (κ3) is 4.23. The first-order valence-corrected chi connectivity index (χ1v) is 7.31. The molecule has 2 saturated heterocycles. The summed E-state index contributed by atoms with van der Waals surface area (Å²) in [4.78, 5) is 2.67. The zero-order valence-electron chi connectivity index (χ0n) is 11.5. The van der Waals surface area contributed by atoms with Crippen molar-refractivity contribution in [3.05, 3.63) is 0 Å². The topological polar surface area (TPSA) is 24.5 Å². The van der Waals surface area contributed by atoms with E-state index in [2.05, 4.69) is 24.1 Å². The fraction of sp³-hybridized carbons (Fsp3) is 1.00. The molecule has 3 unspecified atom stereocenters. The number of nitrogens with zero attached hydrogens (tertiary/aromatic N) is 1. The number of rotatable bonds is 3. The highest BCUT2D eigenvalue weighted by Gasteiger charge is 2.22. The van der Waals surface area contributed by atoms with Gasteiger partial charge in [-0.15, -0.1) is 0 Å². The molecule has 0 amide bonds. The predicted octanol–water partition coefficient (Wildman–Crippen LogP) is 1.73. The summed E-state index contributed by atoms with van der Waals surface area (Å²) in [6.45, 7) is 11.6. The van der Waals surface area contributed by atoms with Crippen LogP contribution < -0.4 is 5.32 Å². The molecule has 17 heavy (non-hydrogen) atoms. The SMILES string of the molecule is CCC1CCN(CC2CCOC2)CC(C)CN1. The van der Waals surface area contributed by atoms with Crippen LogP contribution in [-0.2, 0) is 4.74 Å². The summed E-state index contributed by atoms with van der Waals surface area (Å²) in [6.07, 6.45) is 3.82. The van der Waals surface area contributed by atoms with Crippen LogP contribution in [0.2, 0.25) is 0 Å². The first-order valence-electron chi connectivity index (χ1n) is 7.31. The van der Waals surface area contributed by atoms with Crippen molar-refractivity contribution in [3.8, 4) is 0 Å².